The van der Waals surface area contributed by atoms with Gasteiger partial charge in [-0.25, -0.2) is 9.18 Å². The Labute approximate surface area is 186 Å². The SMILES string of the molecule is O=C(Cc1ccc(F)cc1)N1CCc2[nH]nc(-c3cccnc3)c2CC1.O=C(O)C(F)(F)F. The maximum atomic E-state index is 13.0. The third-order valence-electron chi connectivity index (χ3n) is 5.02. The fraction of sp³-hybridized carbons (Fsp3) is 0.273. The van der Waals surface area contributed by atoms with Gasteiger partial charge in [-0.15, -0.1) is 0 Å². The van der Waals surface area contributed by atoms with Crippen molar-refractivity contribution in [2.45, 2.75) is 25.4 Å². The van der Waals surface area contributed by atoms with Crippen LogP contribution in [0.4, 0.5) is 17.6 Å². The molecule has 0 saturated heterocycles. The van der Waals surface area contributed by atoms with E-state index in [0.29, 0.717) is 19.5 Å². The summed E-state index contributed by atoms with van der Waals surface area (Å²) in [6.07, 6.45) is 0.258. The van der Waals surface area contributed by atoms with Crippen molar-refractivity contribution in [3.63, 3.8) is 0 Å². The molecule has 0 saturated carbocycles. The van der Waals surface area contributed by atoms with Crippen molar-refractivity contribution in [3.05, 3.63) is 71.4 Å². The highest BCUT2D eigenvalue weighted by atomic mass is 19.4. The van der Waals surface area contributed by atoms with Crippen molar-refractivity contribution >= 4 is 11.9 Å². The number of rotatable bonds is 3. The number of pyridine rings is 1. The van der Waals surface area contributed by atoms with E-state index in [9.17, 15) is 22.4 Å². The molecule has 0 spiro atoms. The number of aromatic nitrogens is 3. The highest BCUT2D eigenvalue weighted by Gasteiger charge is 2.38. The predicted molar refractivity (Wildman–Crippen MR) is 110 cm³/mol. The standard InChI is InChI=1S/C20H19FN4O.C2HF3O2/c21-16-5-3-14(4-6-16)12-19(26)25-10-7-17-18(8-11-25)23-24-20(17)15-2-1-9-22-13-15;3-2(4,5)1(6)7/h1-6,9,13H,7-8,10-12H2,(H,23,24);(H,6,7). The first-order valence-corrected chi connectivity index (χ1v) is 9.94. The van der Waals surface area contributed by atoms with Gasteiger partial charge >= 0.3 is 12.1 Å². The number of carboxylic acid groups (broad SMARTS) is 1. The second-order valence-electron chi connectivity index (χ2n) is 7.26. The van der Waals surface area contributed by atoms with E-state index in [1.54, 1.807) is 24.5 Å². The minimum atomic E-state index is -5.08. The van der Waals surface area contributed by atoms with Crippen LogP contribution < -0.4 is 0 Å². The molecule has 3 aromatic rings. The van der Waals surface area contributed by atoms with Crippen molar-refractivity contribution in [1.29, 1.82) is 0 Å². The van der Waals surface area contributed by atoms with Gasteiger partial charge in [0.15, 0.2) is 0 Å². The zero-order valence-corrected chi connectivity index (χ0v) is 17.3. The number of carbonyl (C=O) groups is 2. The minimum absolute atomic E-state index is 0.0673. The van der Waals surface area contributed by atoms with Crippen LogP contribution in [0, 0.1) is 5.82 Å². The number of carbonyl (C=O) groups excluding carboxylic acids is 1. The summed E-state index contributed by atoms with van der Waals surface area (Å²) in [6.45, 7) is 1.31. The average Bonchev–Trinajstić information content (AvgIpc) is 3.06. The smallest absolute Gasteiger partial charge is 0.475 e. The fourth-order valence-corrected chi connectivity index (χ4v) is 3.36. The fourth-order valence-electron chi connectivity index (χ4n) is 3.36. The molecule has 3 heterocycles. The first-order chi connectivity index (χ1) is 15.6. The summed E-state index contributed by atoms with van der Waals surface area (Å²) in [5, 5.41) is 14.7. The number of aliphatic carboxylic acids is 1. The minimum Gasteiger partial charge on any atom is -0.475 e. The van der Waals surface area contributed by atoms with Crippen LogP contribution in [0.15, 0.2) is 48.8 Å². The van der Waals surface area contributed by atoms with Crippen LogP contribution in [-0.4, -0.2) is 56.3 Å². The van der Waals surface area contributed by atoms with Crippen LogP contribution in [0.3, 0.4) is 0 Å². The number of alkyl halides is 3. The molecule has 2 aromatic heterocycles. The summed E-state index contributed by atoms with van der Waals surface area (Å²) in [6, 6.07) is 10.00. The van der Waals surface area contributed by atoms with E-state index in [4.69, 9.17) is 9.90 Å². The lowest BCUT2D eigenvalue weighted by Crippen LogP contribution is -2.34. The van der Waals surface area contributed by atoms with Crippen molar-refractivity contribution in [2.75, 3.05) is 13.1 Å². The van der Waals surface area contributed by atoms with E-state index in [-0.39, 0.29) is 11.7 Å². The number of benzene rings is 1. The molecule has 0 radical (unpaired) electrons. The number of H-pyrrole nitrogens is 1. The third kappa shape index (κ3) is 6.37. The van der Waals surface area contributed by atoms with E-state index in [0.717, 1.165) is 40.9 Å². The lowest BCUT2D eigenvalue weighted by Gasteiger charge is -2.20. The maximum Gasteiger partial charge on any atom is 0.490 e. The van der Waals surface area contributed by atoms with Gasteiger partial charge in [0.05, 0.1) is 12.1 Å². The molecular weight excluding hydrogens is 444 g/mol. The van der Waals surface area contributed by atoms with Gasteiger partial charge < -0.3 is 10.0 Å². The largest absolute Gasteiger partial charge is 0.490 e. The summed E-state index contributed by atoms with van der Waals surface area (Å²) in [5.41, 5.74) is 4.98. The number of nitrogens with one attached hydrogen (secondary N) is 1. The average molecular weight is 464 g/mol. The van der Waals surface area contributed by atoms with Gasteiger partial charge in [-0.2, -0.15) is 18.3 Å². The van der Waals surface area contributed by atoms with Gasteiger partial charge in [0.1, 0.15) is 5.82 Å². The normalized spacial score (nSPS) is 13.4. The van der Waals surface area contributed by atoms with E-state index >= 15 is 0 Å². The molecule has 11 heteroatoms. The van der Waals surface area contributed by atoms with Gasteiger partial charge in [-0.05, 0) is 36.2 Å². The second kappa shape index (κ2) is 10.2. The van der Waals surface area contributed by atoms with Crippen molar-refractivity contribution in [2.24, 2.45) is 0 Å². The molecule has 0 atom stereocenters. The molecule has 4 rings (SSSR count). The number of fused-ring (bicyclic) bond motifs is 1. The molecule has 1 amide bonds. The number of carboxylic acids is 1. The number of nitrogens with zero attached hydrogens (tertiary/aromatic N) is 3. The number of hydrogen-bond acceptors (Lipinski definition) is 4. The van der Waals surface area contributed by atoms with Gasteiger partial charge in [-0.3, -0.25) is 14.9 Å². The van der Waals surface area contributed by atoms with Crippen LogP contribution in [-0.2, 0) is 28.9 Å². The Kier molecular flexibility index (Phi) is 7.41. The topological polar surface area (TPSA) is 99.2 Å². The molecule has 0 aliphatic carbocycles. The van der Waals surface area contributed by atoms with E-state index in [1.807, 2.05) is 17.0 Å². The number of halogens is 4. The molecule has 0 unspecified atom stereocenters. The second-order valence-corrected chi connectivity index (χ2v) is 7.26. The van der Waals surface area contributed by atoms with Crippen molar-refractivity contribution in [1.82, 2.24) is 20.1 Å². The Balaban J connectivity index is 0.000000383. The maximum absolute atomic E-state index is 13.0. The highest BCUT2D eigenvalue weighted by molar-refractivity contribution is 5.79. The van der Waals surface area contributed by atoms with Crippen LogP contribution in [0.25, 0.3) is 11.3 Å². The lowest BCUT2D eigenvalue weighted by atomic mass is 10.0. The molecule has 1 aliphatic heterocycles. The lowest BCUT2D eigenvalue weighted by molar-refractivity contribution is -0.192. The molecule has 1 aliphatic rings. The van der Waals surface area contributed by atoms with Gasteiger partial charge in [0.2, 0.25) is 5.91 Å². The van der Waals surface area contributed by atoms with E-state index < -0.39 is 12.1 Å². The number of amides is 1. The Hall–Kier alpha value is -3.76. The first-order valence-electron chi connectivity index (χ1n) is 9.94. The number of hydrogen-bond donors (Lipinski definition) is 2. The van der Waals surface area contributed by atoms with Crippen molar-refractivity contribution in [3.8, 4) is 11.3 Å². The Morgan fingerprint density at radius 1 is 1.09 bits per heavy atom. The predicted octanol–water partition coefficient (Wildman–Crippen LogP) is 3.41. The van der Waals surface area contributed by atoms with E-state index in [2.05, 4.69) is 15.2 Å². The quantitative estimate of drug-likeness (QED) is 0.579. The zero-order valence-electron chi connectivity index (χ0n) is 17.3. The van der Waals surface area contributed by atoms with Crippen LogP contribution in [0.2, 0.25) is 0 Å². The van der Waals surface area contributed by atoms with Crippen molar-refractivity contribution < 1.29 is 32.3 Å². The monoisotopic (exact) mass is 464 g/mol. The number of aromatic amines is 1. The Morgan fingerprint density at radius 3 is 2.36 bits per heavy atom. The molecule has 2 N–H and O–H groups in total. The van der Waals surface area contributed by atoms with Gasteiger partial charge in [-0.1, -0.05) is 12.1 Å². The van der Waals surface area contributed by atoms with Crippen LogP contribution >= 0.6 is 0 Å². The molecule has 174 valence electrons. The van der Waals surface area contributed by atoms with Gasteiger partial charge in [0.25, 0.3) is 0 Å². The highest BCUT2D eigenvalue weighted by Crippen LogP contribution is 2.26. The summed E-state index contributed by atoms with van der Waals surface area (Å²) < 4.78 is 44.8. The first kappa shape index (κ1) is 23.9. The molecule has 0 fully saturated rings. The summed E-state index contributed by atoms with van der Waals surface area (Å²) in [5.74, 6) is -2.98. The molecular formula is C22H20F4N4O3. The Bertz CT molecular complexity index is 1100. The Morgan fingerprint density at radius 2 is 1.76 bits per heavy atom. The van der Waals surface area contributed by atoms with Crippen LogP contribution in [0.5, 0.6) is 0 Å². The summed E-state index contributed by atoms with van der Waals surface area (Å²) in [7, 11) is 0. The molecule has 7 nitrogen and oxygen atoms in total. The molecule has 33 heavy (non-hydrogen) atoms. The molecule has 0 bridgehead atoms. The molecule has 1 aromatic carbocycles. The zero-order chi connectivity index (χ0) is 24.0. The summed E-state index contributed by atoms with van der Waals surface area (Å²) in [4.78, 5) is 27.6. The third-order valence-corrected chi connectivity index (χ3v) is 5.02. The van der Waals surface area contributed by atoms with E-state index in [1.165, 1.54) is 12.1 Å². The van der Waals surface area contributed by atoms with Gasteiger partial charge in [0, 0.05) is 48.7 Å². The summed E-state index contributed by atoms with van der Waals surface area (Å²) >= 11 is 0. The van der Waals surface area contributed by atoms with Crippen LogP contribution in [0.1, 0.15) is 16.8 Å².